The summed E-state index contributed by atoms with van der Waals surface area (Å²) in [6, 6.07) is 11.2. The van der Waals surface area contributed by atoms with E-state index in [1.807, 2.05) is 30.5 Å². The first-order valence-corrected chi connectivity index (χ1v) is 6.83. The first-order chi connectivity index (χ1) is 10.2. The molecule has 106 valence electrons. The van der Waals surface area contributed by atoms with Crippen molar-refractivity contribution in [3.05, 3.63) is 65.1 Å². The van der Waals surface area contributed by atoms with Crippen molar-refractivity contribution in [3.8, 4) is 0 Å². The van der Waals surface area contributed by atoms with Crippen molar-refractivity contribution in [2.75, 3.05) is 7.11 Å². The normalized spacial score (nSPS) is 10.8. The van der Waals surface area contributed by atoms with Gasteiger partial charge < -0.3 is 9.30 Å². The van der Waals surface area contributed by atoms with Crippen LogP contribution in [-0.2, 0) is 11.3 Å². The summed E-state index contributed by atoms with van der Waals surface area (Å²) in [6.45, 7) is 0.703. The largest absolute Gasteiger partial charge is 0.465 e. The van der Waals surface area contributed by atoms with Crippen LogP contribution in [0.25, 0.3) is 10.9 Å². The number of hydrogen-bond acceptors (Lipinski definition) is 3. The van der Waals surface area contributed by atoms with Gasteiger partial charge in [-0.15, -0.1) is 0 Å². The van der Waals surface area contributed by atoms with Crippen LogP contribution in [0.5, 0.6) is 0 Å². The van der Waals surface area contributed by atoms with Crippen LogP contribution >= 0.6 is 11.6 Å². The molecule has 0 aliphatic heterocycles. The van der Waals surface area contributed by atoms with Gasteiger partial charge in [0, 0.05) is 18.1 Å². The lowest BCUT2D eigenvalue weighted by Crippen LogP contribution is -2.02. The number of esters is 1. The Morgan fingerprint density at radius 1 is 1.29 bits per heavy atom. The summed E-state index contributed by atoms with van der Waals surface area (Å²) in [5, 5.41) is 1.55. The molecule has 0 unspecified atom stereocenters. The van der Waals surface area contributed by atoms with Crippen LogP contribution in [0.1, 0.15) is 15.9 Å². The number of benzene rings is 1. The van der Waals surface area contributed by atoms with E-state index >= 15 is 0 Å². The highest BCUT2D eigenvalue weighted by molar-refractivity contribution is 6.30. The molecule has 1 aromatic carbocycles. The maximum absolute atomic E-state index is 11.4. The summed E-state index contributed by atoms with van der Waals surface area (Å²) < 4.78 is 6.78. The maximum atomic E-state index is 11.4. The Balaban J connectivity index is 1.86. The molecule has 2 aromatic heterocycles. The first kappa shape index (κ1) is 13.6. The molecule has 0 aliphatic rings. The second-order valence-corrected chi connectivity index (χ2v) is 5.09. The second-order valence-electron chi connectivity index (χ2n) is 4.70. The van der Waals surface area contributed by atoms with Crippen molar-refractivity contribution in [3.63, 3.8) is 0 Å². The molecule has 0 spiro atoms. The monoisotopic (exact) mass is 300 g/mol. The van der Waals surface area contributed by atoms with Crippen LogP contribution < -0.4 is 0 Å². The van der Waals surface area contributed by atoms with Gasteiger partial charge in [-0.2, -0.15) is 0 Å². The average Bonchev–Trinajstić information content (AvgIpc) is 2.89. The molecular weight excluding hydrogens is 288 g/mol. The van der Waals surface area contributed by atoms with Crippen molar-refractivity contribution >= 4 is 28.5 Å². The number of aromatic nitrogens is 2. The van der Waals surface area contributed by atoms with E-state index in [2.05, 4.69) is 14.3 Å². The number of hydrogen-bond donors (Lipinski definition) is 0. The van der Waals surface area contributed by atoms with Gasteiger partial charge >= 0.3 is 5.97 Å². The Morgan fingerprint density at radius 2 is 2.05 bits per heavy atom. The Morgan fingerprint density at radius 3 is 2.76 bits per heavy atom. The van der Waals surface area contributed by atoms with E-state index in [1.54, 1.807) is 18.3 Å². The number of methoxy groups -OCH3 is 1. The van der Waals surface area contributed by atoms with Crippen molar-refractivity contribution in [1.29, 1.82) is 0 Å². The molecular formula is C16H13ClN2O2. The lowest BCUT2D eigenvalue weighted by atomic mass is 10.1. The lowest BCUT2D eigenvalue weighted by Gasteiger charge is -2.06. The van der Waals surface area contributed by atoms with Crippen molar-refractivity contribution in [1.82, 2.24) is 9.55 Å². The van der Waals surface area contributed by atoms with E-state index in [-0.39, 0.29) is 5.97 Å². The minimum atomic E-state index is -0.327. The molecule has 0 N–H and O–H groups in total. The van der Waals surface area contributed by atoms with Crippen molar-refractivity contribution in [2.24, 2.45) is 0 Å². The minimum Gasteiger partial charge on any atom is -0.465 e. The van der Waals surface area contributed by atoms with Crippen LogP contribution in [0.2, 0.25) is 5.15 Å². The zero-order valence-electron chi connectivity index (χ0n) is 11.4. The molecule has 5 heteroatoms. The fraction of sp³-hybridized carbons (Fsp3) is 0.125. The first-order valence-electron chi connectivity index (χ1n) is 6.45. The fourth-order valence-electron chi connectivity index (χ4n) is 2.26. The summed E-state index contributed by atoms with van der Waals surface area (Å²) in [4.78, 5) is 15.5. The fourth-order valence-corrected chi connectivity index (χ4v) is 2.43. The van der Waals surface area contributed by atoms with E-state index in [4.69, 9.17) is 11.6 Å². The third-order valence-electron chi connectivity index (χ3n) is 3.35. The molecule has 0 fully saturated rings. The van der Waals surface area contributed by atoms with E-state index in [0.717, 1.165) is 16.5 Å². The summed E-state index contributed by atoms with van der Waals surface area (Å²) in [5.41, 5.74) is 2.67. The SMILES string of the molecule is COC(=O)c1ccc(Cn2ccc3cc(Cl)ncc32)cc1. The summed E-state index contributed by atoms with van der Waals surface area (Å²) in [6.07, 6.45) is 3.76. The molecule has 0 saturated carbocycles. The van der Waals surface area contributed by atoms with Crippen LogP contribution in [0.4, 0.5) is 0 Å². The predicted molar refractivity (Wildman–Crippen MR) is 81.6 cm³/mol. The predicted octanol–water partition coefficient (Wildman–Crippen LogP) is 3.52. The number of rotatable bonds is 3. The highest BCUT2D eigenvalue weighted by atomic mass is 35.5. The van der Waals surface area contributed by atoms with E-state index in [9.17, 15) is 4.79 Å². The summed E-state index contributed by atoms with van der Waals surface area (Å²) >= 11 is 5.88. The molecule has 0 atom stereocenters. The number of halogens is 1. The molecule has 3 aromatic rings. The quantitative estimate of drug-likeness (QED) is 0.549. The van der Waals surface area contributed by atoms with E-state index in [1.165, 1.54) is 7.11 Å². The average molecular weight is 301 g/mol. The minimum absolute atomic E-state index is 0.327. The van der Waals surface area contributed by atoms with E-state index < -0.39 is 0 Å². The second kappa shape index (κ2) is 5.58. The Kier molecular flexibility index (Phi) is 3.62. The third kappa shape index (κ3) is 2.76. The summed E-state index contributed by atoms with van der Waals surface area (Å²) in [5.74, 6) is -0.327. The highest BCUT2D eigenvalue weighted by Gasteiger charge is 2.06. The van der Waals surface area contributed by atoms with Crippen LogP contribution in [0, 0.1) is 0 Å². The van der Waals surface area contributed by atoms with Crippen LogP contribution in [0.15, 0.2) is 48.8 Å². The number of fused-ring (bicyclic) bond motifs is 1. The Labute approximate surface area is 126 Å². The van der Waals surface area contributed by atoms with Crippen LogP contribution in [0.3, 0.4) is 0 Å². The highest BCUT2D eigenvalue weighted by Crippen LogP contribution is 2.19. The number of pyridine rings is 1. The number of nitrogens with zero attached hydrogens (tertiary/aromatic N) is 2. The third-order valence-corrected chi connectivity index (χ3v) is 3.56. The number of carbonyl (C=O) groups is 1. The van der Waals surface area contributed by atoms with Gasteiger partial charge in [-0.05, 0) is 29.8 Å². The summed E-state index contributed by atoms with van der Waals surface area (Å²) in [7, 11) is 1.38. The van der Waals surface area contributed by atoms with Crippen LogP contribution in [-0.4, -0.2) is 22.6 Å². The molecule has 21 heavy (non-hydrogen) atoms. The smallest absolute Gasteiger partial charge is 0.337 e. The van der Waals surface area contributed by atoms with Gasteiger partial charge in [-0.1, -0.05) is 23.7 Å². The van der Waals surface area contributed by atoms with Gasteiger partial charge in [-0.25, -0.2) is 9.78 Å². The zero-order chi connectivity index (χ0) is 14.8. The van der Waals surface area contributed by atoms with Crippen molar-refractivity contribution < 1.29 is 9.53 Å². The molecule has 0 bridgehead atoms. The Bertz CT molecular complexity index is 794. The van der Waals surface area contributed by atoms with Gasteiger partial charge in [0.05, 0.1) is 24.4 Å². The van der Waals surface area contributed by atoms with Crippen molar-refractivity contribution in [2.45, 2.75) is 6.54 Å². The van der Waals surface area contributed by atoms with Gasteiger partial charge in [0.1, 0.15) is 5.15 Å². The molecule has 2 heterocycles. The van der Waals surface area contributed by atoms with Gasteiger partial charge in [0.25, 0.3) is 0 Å². The lowest BCUT2D eigenvalue weighted by molar-refractivity contribution is 0.0600. The maximum Gasteiger partial charge on any atom is 0.337 e. The zero-order valence-corrected chi connectivity index (χ0v) is 12.2. The molecule has 0 aliphatic carbocycles. The topological polar surface area (TPSA) is 44.1 Å². The molecule has 4 nitrogen and oxygen atoms in total. The standard InChI is InChI=1S/C16H13ClN2O2/c1-21-16(20)12-4-2-11(3-5-12)10-19-7-6-13-8-15(17)18-9-14(13)19/h2-9H,10H2,1H3. The molecule has 0 saturated heterocycles. The van der Waals surface area contributed by atoms with Gasteiger partial charge in [0.15, 0.2) is 0 Å². The van der Waals surface area contributed by atoms with Gasteiger partial charge in [0.2, 0.25) is 0 Å². The number of carbonyl (C=O) groups excluding carboxylic acids is 1. The molecule has 3 rings (SSSR count). The molecule has 0 radical (unpaired) electrons. The number of ether oxygens (including phenoxy) is 1. The molecule has 0 amide bonds. The van der Waals surface area contributed by atoms with E-state index in [0.29, 0.717) is 17.3 Å². The Hall–Kier alpha value is -2.33. The van der Waals surface area contributed by atoms with Gasteiger partial charge in [-0.3, -0.25) is 0 Å².